The maximum atomic E-state index is 5.55. The first-order valence-corrected chi connectivity index (χ1v) is 8.34. The van der Waals surface area contributed by atoms with E-state index in [4.69, 9.17) is 9.47 Å². The first kappa shape index (κ1) is 16.1. The van der Waals surface area contributed by atoms with E-state index in [0.717, 1.165) is 44.4 Å². The molecule has 0 saturated heterocycles. The van der Waals surface area contributed by atoms with Crippen LogP contribution in [0.2, 0.25) is 0 Å². The van der Waals surface area contributed by atoms with Crippen molar-refractivity contribution >= 4 is 32.9 Å². The minimum Gasteiger partial charge on any atom is -0.496 e. The van der Waals surface area contributed by atoms with Gasteiger partial charge in [-0.3, -0.25) is 0 Å². The van der Waals surface area contributed by atoms with Crippen molar-refractivity contribution in [1.82, 2.24) is 0 Å². The third kappa shape index (κ3) is 2.86. The van der Waals surface area contributed by atoms with Crippen LogP contribution in [0, 0.1) is 0 Å². The second-order valence-corrected chi connectivity index (χ2v) is 5.90. The Labute approximate surface area is 151 Å². The van der Waals surface area contributed by atoms with Crippen LogP contribution in [-0.4, -0.2) is 14.2 Å². The molecule has 0 aliphatic carbocycles. The molecule has 0 fully saturated rings. The maximum absolute atomic E-state index is 5.55. The summed E-state index contributed by atoms with van der Waals surface area (Å²) in [6.07, 6.45) is 0. The molecule has 0 heterocycles. The van der Waals surface area contributed by atoms with Crippen LogP contribution < -0.4 is 9.47 Å². The molecule has 0 bridgehead atoms. The first-order valence-electron chi connectivity index (χ1n) is 8.34. The molecular weight excluding hydrogens is 324 g/mol. The molecule has 26 heavy (non-hydrogen) atoms. The van der Waals surface area contributed by atoms with Crippen LogP contribution in [-0.2, 0) is 0 Å². The fourth-order valence-electron chi connectivity index (χ4n) is 3.10. The van der Waals surface area contributed by atoms with Gasteiger partial charge in [0.25, 0.3) is 0 Å². The lowest BCUT2D eigenvalue weighted by Gasteiger charge is -2.11. The van der Waals surface area contributed by atoms with Crippen molar-refractivity contribution < 1.29 is 9.47 Å². The zero-order valence-electron chi connectivity index (χ0n) is 14.6. The van der Waals surface area contributed by atoms with Gasteiger partial charge in [-0.2, -0.15) is 5.11 Å². The molecule has 0 radical (unpaired) electrons. The van der Waals surface area contributed by atoms with Crippen molar-refractivity contribution in [2.75, 3.05) is 14.2 Å². The fourth-order valence-corrected chi connectivity index (χ4v) is 3.10. The minimum absolute atomic E-state index is 0.798. The quantitative estimate of drug-likeness (QED) is 0.317. The third-order valence-electron chi connectivity index (χ3n) is 4.38. The lowest BCUT2D eigenvalue weighted by molar-refractivity contribution is 0.419. The number of methoxy groups -OCH3 is 2. The summed E-state index contributed by atoms with van der Waals surface area (Å²) >= 11 is 0. The summed E-state index contributed by atoms with van der Waals surface area (Å²) in [4.78, 5) is 0. The summed E-state index contributed by atoms with van der Waals surface area (Å²) in [5.41, 5.74) is 1.62. The average molecular weight is 342 g/mol. The molecule has 4 heteroatoms. The van der Waals surface area contributed by atoms with Gasteiger partial charge in [0.2, 0.25) is 0 Å². The predicted molar refractivity (Wildman–Crippen MR) is 105 cm³/mol. The van der Waals surface area contributed by atoms with Crippen LogP contribution in [0.25, 0.3) is 21.5 Å². The van der Waals surface area contributed by atoms with Crippen molar-refractivity contribution in [1.29, 1.82) is 0 Å². The zero-order chi connectivity index (χ0) is 17.9. The molecule has 0 N–H and O–H groups in total. The summed E-state index contributed by atoms with van der Waals surface area (Å²) in [6.45, 7) is 0. The summed E-state index contributed by atoms with van der Waals surface area (Å²) in [6, 6.07) is 23.8. The second kappa shape index (κ2) is 6.84. The summed E-state index contributed by atoms with van der Waals surface area (Å²) < 4.78 is 11.1. The molecule has 0 spiro atoms. The Bertz CT molecular complexity index is 1110. The molecule has 4 nitrogen and oxygen atoms in total. The highest BCUT2D eigenvalue weighted by Gasteiger charge is 2.10. The van der Waals surface area contributed by atoms with E-state index in [-0.39, 0.29) is 0 Å². The molecule has 0 saturated carbocycles. The highest BCUT2D eigenvalue weighted by atomic mass is 16.5. The minimum atomic E-state index is 0.798. The third-order valence-corrected chi connectivity index (χ3v) is 4.38. The molecule has 4 rings (SSSR count). The summed E-state index contributed by atoms with van der Waals surface area (Å²) in [5, 5.41) is 12.9. The number of hydrogen-bond donors (Lipinski definition) is 0. The molecular formula is C22H18N2O2. The van der Waals surface area contributed by atoms with Gasteiger partial charge in [0.1, 0.15) is 11.5 Å². The van der Waals surface area contributed by atoms with Gasteiger partial charge in [-0.15, -0.1) is 5.11 Å². The Morgan fingerprint density at radius 2 is 1.38 bits per heavy atom. The van der Waals surface area contributed by atoms with E-state index in [1.807, 2.05) is 54.6 Å². The molecule has 0 unspecified atom stereocenters. The standard InChI is InChI=1S/C22H18N2O2/c1-25-21-10-6-7-15-13-18-19(14-17(15)21)22(26-2)12-11-20(18)24-23-16-8-4-3-5-9-16/h3-14H,1-2H3. The number of rotatable bonds is 4. The second-order valence-electron chi connectivity index (χ2n) is 5.90. The van der Waals surface area contributed by atoms with Gasteiger partial charge in [0.05, 0.1) is 25.6 Å². The van der Waals surface area contributed by atoms with E-state index >= 15 is 0 Å². The molecule has 4 aromatic rings. The smallest absolute Gasteiger partial charge is 0.126 e. The van der Waals surface area contributed by atoms with Gasteiger partial charge in [0, 0.05) is 16.2 Å². The number of fused-ring (bicyclic) bond motifs is 2. The Balaban J connectivity index is 1.94. The molecule has 128 valence electrons. The largest absolute Gasteiger partial charge is 0.496 e. The van der Waals surface area contributed by atoms with Crippen LogP contribution in [0.5, 0.6) is 11.5 Å². The topological polar surface area (TPSA) is 43.2 Å². The van der Waals surface area contributed by atoms with Crippen LogP contribution in [0.1, 0.15) is 0 Å². The molecule has 0 aromatic heterocycles. The average Bonchev–Trinajstić information content (AvgIpc) is 2.70. The Morgan fingerprint density at radius 1 is 0.615 bits per heavy atom. The van der Waals surface area contributed by atoms with Crippen LogP contribution in [0.3, 0.4) is 0 Å². The number of azo groups is 1. The van der Waals surface area contributed by atoms with E-state index in [2.05, 4.69) is 28.4 Å². The number of benzene rings is 4. The van der Waals surface area contributed by atoms with E-state index < -0.39 is 0 Å². The van der Waals surface area contributed by atoms with Crippen LogP contribution in [0.4, 0.5) is 11.4 Å². The predicted octanol–water partition coefficient (Wildman–Crippen LogP) is 6.43. The monoisotopic (exact) mass is 342 g/mol. The Hall–Kier alpha value is -3.40. The molecule has 0 aliphatic rings. The van der Waals surface area contributed by atoms with Crippen molar-refractivity contribution in [2.45, 2.75) is 0 Å². The van der Waals surface area contributed by atoms with Gasteiger partial charge in [-0.05, 0) is 47.9 Å². The highest BCUT2D eigenvalue weighted by molar-refractivity contribution is 6.07. The first-order chi connectivity index (χ1) is 12.8. The lowest BCUT2D eigenvalue weighted by atomic mass is 10.0. The van der Waals surface area contributed by atoms with Crippen molar-refractivity contribution in [2.24, 2.45) is 10.2 Å². The van der Waals surface area contributed by atoms with Gasteiger partial charge in [-0.25, -0.2) is 0 Å². The van der Waals surface area contributed by atoms with Crippen molar-refractivity contribution in [3.63, 3.8) is 0 Å². The zero-order valence-corrected chi connectivity index (χ0v) is 14.6. The molecule has 0 amide bonds. The molecule has 0 atom stereocenters. The number of hydrogen-bond acceptors (Lipinski definition) is 4. The van der Waals surface area contributed by atoms with Crippen molar-refractivity contribution in [3.8, 4) is 11.5 Å². The summed E-state index contributed by atoms with van der Waals surface area (Å²) in [5.74, 6) is 1.63. The van der Waals surface area contributed by atoms with E-state index in [0.29, 0.717) is 0 Å². The maximum Gasteiger partial charge on any atom is 0.126 e. The highest BCUT2D eigenvalue weighted by Crippen LogP contribution is 2.39. The fraction of sp³-hybridized carbons (Fsp3) is 0.0909. The number of ether oxygens (including phenoxy) is 2. The molecule has 4 aromatic carbocycles. The van der Waals surface area contributed by atoms with Gasteiger partial charge in [0.15, 0.2) is 0 Å². The Kier molecular flexibility index (Phi) is 4.23. The van der Waals surface area contributed by atoms with Gasteiger partial charge < -0.3 is 9.47 Å². The lowest BCUT2D eigenvalue weighted by Crippen LogP contribution is -1.88. The van der Waals surface area contributed by atoms with Crippen LogP contribution in [0.15, 0.2) is 83.0 Å². The molecule has 0 aliphatic heterocycles. The van der Waals surface area contributed by atoms with E-state index in [1.54, 1.807) is 14.2 Å². The SMILES string of the molecule is COc1cccc2cc3c(N=Nc4ccccc4)ccc(OC)c3cc12. The van der Waals surface area contributed by atoms with E-state index in [1.165, 1.54) is 0 Å². The van der Waals surface area contributed by atoms with Crippen molar-refractivity contribution in [3.05, 3.63) is 72.8 Å². The normalized spacial score (nSPS) is 11.3. The van der Waals surface area contributed by atoms with E-state index in [9.17, 15) is 0 Å². The van der Waals surface area contributed by atoms with Gasteiger partial charge >= 0.3 is 0 Å². The number of nitrogens with zero attached hydrogens (tertiary/aromatic N) is 2. The Morgan fingerprint density at radius 3 is 2.15 bits per heavy atom. The van der Waals surface area contributed by atoms with Crippen LogP contribution >= 0.6 is 0 Å². The van der Waals surface area contributed by atoms with Gasteiger partial charge in [-0.1, -0.05) is 30.3 Å². The summed E-state index contributed by atoms with van der Waals surface area (Å²) in [7, 11) is 3.35.